The van der Waals surface area contributed by atoms with Crippen molar-refractivity contribution in [3.05, 3.63) is 34.9 Å². The maximum absolute atomic E-state index is 12.8. The van der Waals surface area contributed by atoms with Crippen LogP contribution >= 0.6 is 0 Å². The van der Waals surface area contributed by atoms with Gasteiger partial charge in [-0.1, -0.05) is 25.3 Å². The number of rotatable bonds is 2. The van der Waals surface area contributed by atoms with Crippen LogP contribution in [0.25, 0.3) is 0 Å². The van der Waals surface area contributed by atoms with Crippen LogP contribution in [0.1, 0.15) is 54.7 Å². The van der Waals surface area contributed by atoms with Crippen molar-refractivity contribution in [1.82, 2.24) is 0 Å². The molecule has 100 valence electrons. The third-order valence-corrected chi connectivity index (χ3v) is 3.60. The van der Waals surface area contributed by atoms with Crippen molar-refractivity contribution in [2.45, 2.75) is 50.8 Å². The minimum absolute atomic E-state index is 0.214. The standard InChI is InChI=1S/C14H17F3O/c15-14(16,17)13-7-10(9-18)6-12(8-13)11-4-2-1-3-5-11/h6-8,11,18H,1-5,9H2. The largest absolute Gasteiger partial charge is 0.416 e. The van der Waals surface area contributed by atoms with Crippen molar-refractivity contribution in [1.29, 1.82) is 0 Å². The minimum Gasteiger partial charge on any atom is -0.392 e. The summed E-state index contributed by atoms with van der Waals surface area (Å²) in [5.41, 5.74) is 0.439. The molecule has 0 bridgehead atoms. The molecule has 0 spiro atoms. The molecule has 1 nitrogen and oxygen atoms in total. The molecule has 1 aliphatic carbocycles. The van der Waals surface area contributed by atoms with Crippen molar-refractivity contribution in [3.8, 4) is 0 Å². The van der Waals surface area contributed by atoms with Crippen LogP contribution in [0.2, 0.25) is 0 Å². The van der Waals surface area contributed by atoms with E-state index in [0.717, 1.165) is 37.3 Å². The second kappa shape index (κ2) is 5.31. The van der Waals surface area contributed by atoms with E-state index in [2.05, 4.69) is 0 Å². The molecule has 0 aromatic heterocycles. The molecule has 0 saturated heterocycles. The van der Waals surface area contributed by atoms with Gasteiger partial charge in [0.1, 0.15) is 0 Å². The van der Waals surface area contributed by atoms with E-state index in [1.54, 1.807) is 6.07 Å². The molecule has 1 saturated carbocycles. The fraction of sp³-hybridized carbons (Fsp3) is 0.571. The van der Waals surface area contributed by atoms with Crippen molar-refractivity contribution in [2.24, 2.45) is 0 Å². The Balaban J connectivity index is 2.34. The molecule has 18 heavy (non-hydrogen) atoms. The van der Waals surface area contributed by atoms with Gasteiger partial charge in [-0.15, -0.1) is 0 Å². The second-order valence-corrected chi connectivity index (χ2v) is 4.95. The van der Waals surface area contributed by atoms with Gasteiger partial charge in [-0.2, -0.15) is 13.2 Å². The molecule has 0 amide bonds. The van der Waals surface area contributed by atoms with Crippen molar-refractivity contribution >= 4 is 0 Å². The Morgan fingerprint density at radius 1 is 1.06 bits per heavy atom. The Morgan fingerprint density at radius 3 is 2.28 bits per heavy atom. The minimum atomic E-state index is -4.34. The lowest BCUT2D eigenvalue weighted by Gasteiger charge is -2.23. The number of hydrogen-bond acceptors (Lipinski definition) is 1. The van der Waals surface area contributed by atoms with Gasteiger partial charge in [0.2, 0.25) is 0 Å². The van der Waals surface area contributed by atoms with E-state index in [4.69, 9.17) is 5.11 Å². The molecule has 1 fully saturated rings. The lowest BCUT2D eigenvalue weighted by Crippen LogP contribution is -2.10. The number of aliphatic hydroxyl groups is 1. The average molecular weight is 258 g/mol. The number of alkyl halides is 3. The monoisotopic (exact) mass is 258 g/mol. The summed E-state index contributed by atoms with van der Waals surface area (Å²) in [5.74, 6) is 0.214. The molecule has 4 heteroatoms. The molecule has 1 aliphatic rings. The lowest BCUT2D eigenvalue weighted by molar-refractivity contribution is -0.137. The maximum atomic E-state index is 12.8. The SMILES string of the molecule is OCc1cc(C2CCCCC2)cc(C(F)(F)F)c1. The highest BCUT2D eigenvalue weighted by atomic mass is 19.4. The molecular formula is C14H17F3O. The third-order valence-electron chi connectivity index (χ3n) is 3.60. The van der Waals surface area contributed by atoms with Crippen LogP contribution in [0.15, 0.2) is 18.2 Å². The first-order chi connectivity index (χ1) is 8.50. The summed E-state index contributed by atoms with van der Waals surface area (Å²) < 4.78 is 38.3. The topological polar surface area (TPSA) is 20.2 Å². The molecule has 2 rings (SSSR count). The smallest absolute Gasteiger partial charge is 0.392 e. The Kier molecular flexibility index (Phi) is 3.95. The lowest BCUT2D eigenvalue weighted by atomic mass is 9.83. The van der Waals surface area contributed by atoms with Crippen LogP contribution in [-0.2, 0) is 12.8 Å². The summed E-state index contributed by atoms with van der Waals surface area (Å²) in [6, 6.07) is 3.99. The highest BCUT2D eigenvalue weighted by molar-refractivity contribution is 5.34. The van der Waals surface area contributed by atoms with E-state index in [1.165, 1.54) is 12.5 Å². The van der Waals surface area contributed by atoms with Crippen molar-refractivity contribution < 1.29 is 18.3 Å². The van der Waals surface area contributed by atoms with Gasteiger partial charge >= 0.3 is 6.18 Å². The second-order valence-electron chi connectivity index (χ2n) is 4.95. The number of halogens is 3. The van der Waals surface area contributed by atoms with Gasteiger partial charge in [0.15, 0.2) is 0 Å². The predicted molar refractivity (Wildman–Crippen MR) is 63.2 cm³/mol. The zero-order valence-corrected chi connectivity index (χ0v) is 10.1. The molecule has 0 atom stereocenters. The molecule has 0 aliphatic heterocycles. The maximum Gasteiger partial charge on any atom is 0.416 e. The molecular weight excluding hydrogens is 241 g/mol. The highest BCUT2D eigenvalue weighted by Crippen LogP contribution is 2.37. The van der Waals surface area contributed by atoms with Crippen LogP contribution in [-0.4, -0.2) is 5.11 Å². The fourth-order valence-corrected chi connectivity index (χ4v) is 2.64. The molecule has 0 heterocycles. The van der Waals surface area contributed by atoms with Crippen LogP contribution in [0.3, 0.4) is 0 Å². The normalized spacial score (nSPS) is 18.0. The molecule has 0 unspecified atom stereocenters. The van der Waals surface area contributed by atoms with Gasteiger partial charge < -0.3 is 5.11 Å². The molecule has 1 aromatic rings. The van der Waals surface area contributed by atoms with Crippen LogP contribution in [0.5, 0.6) is 0 Å². The van der Waals surface area contributed by atoms with Gasteiger partial charge in [-0.05, 0) is 42.0 Å². The Labute approximate surface area is 105 Å². The van der Waals surface area contributed by atoms with Gasteiger partial charge in [0, 0.05) is 0 Å². The third kappa shape index (κ3) is 3.05. The summed E-state index contributed by atoms with van der Waals surface area (Å²) in [5, 5.41) is 9.08. The van der Waals surface area contributed by atoms with Gasteiger partial charge in [0.25, 0.3) is 0 Å². The summed E-state index contributed by atoms with van der Waals surface area (Å²) in [4.78, 5) is 0. The van der Waals surface area contributed by atoms with E-state index < -0.39 is 11.7 Å². The summed E-state index contributed by atoms with van der Waals surface area (Å²) in [6.07, 6.45) is 0.889. The number of hydrogen-bond donors (Lipinski definition) is 1. The van der Waals surface area contributed by atoms with Crippen molar-refractivity contribution in [2.75, 3.05) is 0 Å². The first-order valence-corrected chi connectivity index (χ1v) is 6.32. The van der Waals surface area contributed by atoms with Crippen LogP contribution in [0, 0.1) is 0 Å². The van der Waals surface area contributed by atoms with E-state index in [9.17, 15) is 13.2 Å². The summed E-state index contributed by atoms with van der Waals surface area (Å²) >= 11 is 0. The fourth-order valence-electron chi connectivity index (χ4n) is 2.64. The predicted octanol–water partition coefficient (Wildman–Crippen LogP) is 4.25. The van der Waals surface area contributed by atoms with E-state index in [0.29, 0.717) is 5.56 Å². The molecule has 1 N–H and O–H groups in total. The first-order valence-electron chi connectivity index (χ1n) is 6.32. The zero-order valence-electron chi connectivity index (χ0n) is 10.1. The molecule has 1 aromatic carbocycles. The van der Waals surface area contributed by atoms with Crippen LogP contribution < -0.4 is 0 Å². The highest BCUT2D eigenvalue weighted by Gasteiger charge is 2.31. The Bertz CT molecular complexity index is 406. The Hall–Kier alpha value is -1.03. The van der Waals surface area contributed by atoms with E-state index in [-0.39, 0.29) is 12.5 Å². The number of benzene rings is 1. The molecule has 0 radical (unpaired) electrons. The van der Waals surface area contributed by atoms with Gasteiger partial charge in [-0.25, -0.2) is 0 Å². The van der Waals surface area contributed by atoms with Crippen molar-refractivity contribution in [3.63, 3.8) is 0 Å². The van der Waals surface area contributed by atoms with Gasteiger partial charge in [0.05, 0.1) is 12.2 Å². The van der Waals surface area contributed by atoms with Crippen LogP contribution in [0.4, 0.5) is 13.2 Å². The Morgan fingerprint density at radius 2 is 1.72 bits per heavy atom. The first kappa shape index (κ1) is 13.4. The number of aliphatic hydroxyl groups excluding tert-OH is 1. The summed E-state index contributed by atoms with van der Waals surface area (Å²) in [6.45, 7) is -0.344. The zero-order chi connectivity index (χ0) is 13.2. The van der Waals surface area contributed by atoms with E-state index in [1.807, 2.05) is 0 Å². The van der Waals surface area contributed by atoms with E-state index >= 15 is 0 Å². The summed E-state index contributed by atoms with van der Waals surface area (Å²) in [7, 11) is 0. The quantitative estimate of drug-likeness (QED) is 0.841. The van der Waals surface area contributed by atoms with Gasteiger partial charge in [-0.3, -0.25) is 0 Å². The average Bonchev–Trinajstić information content (AvgIpc) is 2.38.